The van der Waals surface area contributed by atoms with Gasteiger partial charge in [-0.2, -0.15) is 0 Å². The van der Waals surface area contributed by atoms with Crippen molar-refractivity contribution in [2.45, 2.75) is 6.54 Å². The predicted octanol–water partition coefficient (Wildman–Crippen LogP) is 5.15. The molecule has 3 aromatic rings. The molecule has 0 aliphatic carbocycles. The topological polar surface area (TPSA) is 52.6 Å². The minimum Gasteiger partial charge on any atom is -0.457 e. The summed E-state index contributed by atoms with van der Waals surface area (Å²) in [4.78, 5) is 24.3. The van der Waals surface area contributed by atoms with Gasteiger partial charge in [0.25, 0.3) is 0 Å². The third-order valence-electron chi connectivity index (χ3n) is 5.58. The van der Waals surface area contributed by atoms with E-state index in [1.54, 1.807) is 12.2 Å². The largest absolute Gasteiger partial charge is 0.457 e. The number of hydrogen-bond donors (Lipinski definition) is 0. The normalized spacial score (nSPS) is 11.6. The van der Waals surface area contributed by atoms with Gasteiger partial charge in [-0.15, -0.1) is 0 Å². The monoisotopic (exact) mass is 470 g/mol. The molecule has 0 saturated carbocycles. The van der Waals surface area contributed by atoms with Gasteiger partial charge in [-0.3, -0.25) is 0 Å². The van der Waals surface area contributed by atoms with Crippen molar-refractivity contribution in [3.05, 3.63) is 120 Å². The Morgan fingerprint density at radius 2 is 1.06 bits per heavy atom. The fourth-order valence-electron chi connectivity index (χ4n) is 3.58. The zero-order chi connectivity index (χ0) is 24.8. The second-order valence-corrected chi connectivity index (χ2v) is 8.53. The number of benzene rings is 3. The Bertz CT molecular complexity index is 1040. The Morgan fingerprint density at radius 1 is 0.657 bits per heavy atom. The molecule has 0 atom stereocenters. The Balaban J connectivity index is 1.51. The first-order chi connectivity index (χ1) is 17.0. The third kappa shape index (κ3) is 9.82. The number of rotatable bonds is 12. The number of nitrogens with zero attached hydrogens (tertiary/aromatic N) is 1. The van der Waals surface area contributed by atoms with Crippen LogP contribution in [0.15, 0.2) is 103 Å². The number of hydrogen-bond acceptors (Lipinski definition) is 4. The van der Waals surface area contributed by atoms with Crippen LogP contribution in [0.2, 0.25) is 0 Å². The van der Waals surface area contributed by atoms with Crippen LogP contribution in [0.25, 0.3) is 12.2 Å². The Kier molecular flexibility index (Phi) is 10.0. The molecule has 0 fully saturated rings. The summed E-state index contributed by atoms with van der Waals surface area (Å²) in [5.41, 5.74) is 3.05. The fraction of sp³-hybridized carbons (Fsp3) is 0.200. The van der Waals surface area contributed by atoms with Crippen molar-refractivity contribution in [1.29, 1.82) is 0 Å². The van der Waals surface area contributed by atoms with Crippen LogP contribution >= 0.6 is 0 Å². The summed E-state index contributed by atoms with van der Waals surface area (Å²) in [6.07, 6.45) is 6.36. The average Bonchev–Trinajstić information content (AvgIpc) is 2.88. The molecule has 0 heterocycles. The lowest BCUT2D eigenvalue weighted by Gasteiger charge is -2.34. The van der Waals surface area contributed by atoms with E-state index in [4.69, 9.17) is 9.47 Å². The molecule has 0 radical (unpaired) electrons. The lowest BCUT2D eigenvalue weighted by atomic mass is 10.2. The minimum absolute atomic E-state index is 0.267. The van der Waals surface area contributed by atoms with Crippen molar-refractivity contribution in [2.75, 3.05) is 33.4 Å². The fourth-order valence-corrected chi connectivity index (χ4v) is 3.58. The van der Waals surface area contributed by atoms with E-state index in [1.165, 1.54) is 17.7 Å². The Morgan fingerprint density at radius 3 is 1.49 bits per heavy atom. The van der Waals surface area contributed by atoms with Crippen molar-refractivity contribution in [1.82, 2.24) is 0 Å². The second-order valence-electron chi connectivity index (χ2n) is 8.53. The van der Waals surface area contributed by atoms with Crippen molar-refractivity contribution in [2.24, 2.45) is 0 Å². The number of esters is 2. The summed E-state index contributed by atoms with van der Waals surface area (Å²) in [7, 11) is 2.08. The Labute approximate surface area is 207 Å². The first kappa shape index (κ1) is 25.7. The van der Waals surface area contributed by atoms with E-state index < -0.39 is 0 Å². The van der Waals surface area contributed by atoms with Gasteiger partial charge in [0.15, 0.2) is 0 Å². The zero-order valence-electron chi connectivity index (χ0n) is 20.1. The predicted molar refractivity (Wildman–Crippen MR) is 139 cm³/mol. The van der Waals surface area contributed by atoms with Gasteiger partial charge >= 0.3 is 11.9 Å². The van der Waals surface area contributed by atoms with Gasteiger partial charge in [0.1, 0.15) is 32.8 Å². The minimum atomic E-state index is -0.377. The number of quaternary nitrogens is 1. The number of carbonyl (C=O) groups excluding carboxylic acids is 2. The summed E-state index contributed by atoms with van der Waals surface area (Å²) >= 11 is 0. The third-order valence-corrected chi connectivity index (χ3v) is 5.58. The number of likely N-dealkylation sites (N-methyl/N-ethyl adjacent to an activating group) is 1. The van der Waals surface area contributed by atoms with E-state index in [0.29, 0.717) is 17.6 Å². The van der Waals surface area contributed by atoms with E-state index in [2.05, 4.69) is 19.2 Å². The van der Waals surface area contributed by atoms with Crippen molar-refractivity contribution >= 4 is 24.1 Å². The molecule has 180 valence electrons. The molecule has 0 N–H and O–H groups in total. The smallest absolute Gasteiger partial charge is 0.330 e. The van der Waals surface area contributed by atoms with Crippen LogP contribution in [-0.4, -0.2) is 49.8 Å². The lowest BCUT2D eigenvalue weighted by Crippen LogP contribution is -2.48. The lowest BCUT2D eigenvalue weighted by molar-refractivity contribution is -0.922. The first-order valence-electron chi connectivity index (χ1n) is 11.7. The SMILES string of the molecule is C[N+](CCOC(=O)/C=C/c1ccccc1)(CCOC(=O)/C=C/c1ccccc1)Cc1ccccc1. The van der Waals surface area contributed by atoms with E-state index >= 15 is 0 Å². The molecule has 0 aliphatic rings. The molecular weight excluding hydrogens is 438 g/mol. The van der Waals surface area contributed by atoms with Gasteiger partial charge in [-0.25, -0.2) is 9.59 Å². The van der Waals surface area contributed by atoms with Gasteiger partial charge in [0.05, 0.1) is 7.05 Å². The quantitative estimate of drug-likeness (QED) is 0.209. The molecule has 35 heavy (non-hydrogen) atoms. The average molecular weight is 471 g/mol. The maximum absolute atomic E-state index is 12.2. The van der Waals surface area contributed by atoms with Crippen LogP contribution in [0.4, 0.5) is 0 Å². The molecule has 0 bridgehead atoms. The van der Waals surface area contributed by atoms with Crippen LogP contribution in [0.3, 0.4) is 0 Å². The van der Waals surface area contributed by atoms with Gasteiger partial charge in [0, 0.05) is 17.7 Å². The van der Waals surface area contributed by atoms with E-state index in [9.17, 15) is 9.59 Å². The maximum atomic E-state index is 12.2. The van der Waals surface area contributed by atoms with Crippen molar-refractivity contribution < 1.29 is 23.5 Å². The highest BCUT2D eigenvalue weighted by Gasteiger charge is 2.23. The molecule has 0 aromatic heterocycles. The van der Waals surface area contributed by atoms with Crippen LogP contribution in [0, 0.1) is 0 Å². The zero-order valence-corrected chi connectivity index (χ0v) is 20.1. The molecule has 0 unspecified atom stereocenters. The Hall–Kier alpha value is -3.96. The summed E-state index contributed by atoms with van der Waals surface area (Å²) in [5, 5.41) is 0. The van der Waals surface area contributed by atoms with Gasteiger partial charge in [0.2, 0.25) is 0 Å². The van der Waals surface area contributed by atoms with Crippen LogP contribution in [0.5, 0.6) is 0 Å². The second kappa shape index (κ2) is 13.7. The molecular formula is C30H32NO4+. The van der Waals surface area contributed by atoms with Crippen LogP contribution in [0.1, 0.15) is 16.7 Å². The summed E-state index contributed by atoms with van der Waals surface area (Å²) in [6, 6.07) is 29.4. The highest BCUT2D eigenvalue weighted by Crippen LogP contribution is 2.12. The van der Waals surface area contributed by atoms with Crippen molar-refractivity contribution in [3.63, 3.8) is 0 Å². The summed E-state index contributed by atoms with van der Waals surface area (Å²) in [5.74, 6) is -0.754. The van der Waals surface area contributed by atoms with Gasteiger partial charge in [-0.1, -0.05) is 91.0 Å². The number of ether oxygens (including phenoxy) is 2. The molecule has 5 nitrogen and oxygen atoms in total. The molecule has 0 aliphatic heterocycles. The molecule has 0 spiro atoms. The van der Waals surface area contributed by atoms with Crippen LogP contribution < -0.4 is 0 Å². The summed E-state index contributed by atoms with van der Waals surface area (Å²) < 4.78 is 11.5. The molecule has 5 heteroatoms. The van der Waals surface area contributed by atoms with E-state index in [-0.39, 0.29) is 25.2 Å². The molecule has 0 amide bonds. The van der Waals surface area contributed by atoms with E-state index in [0.717, 1.165) is 17.7 Å². The highest BCUT2D eigenvalue weighted by molar-refractivity contribution is 5.87. The first-order valence-corrected chi connectivity index (χ1v) is 11.7. The van der Waals surface area contributed by atoms with Gasteiger partial charge in [-0.05, 0) is 23.3 Å². The standard InChI is InChI=1S/C30H32NO4/c1-31(25-28-15-9-4-10-16-28,21-23-34-29(32)19-17-26-11-5-2-6-12-26)22-24-35-30(33)20-18-27-13-7-3-8-14-27/h2-20H,21-25H2,1H3/q+1/b19-17+,20-18+. The molecule has 0 saturated heterocycles. The van der Waals surface area contributed by atoms with Crippen LogP contribution in [-0.2, 0) is 25.6 Å². The maximum Gasteiger partial charge on any atom is 0.330 e. The highest BCUT2D eigenvalue weighted by atomic mass is 16.5. The van der Waals surface area contributed by atoms with E-state index in [1.807, 2.05) is 78.9 Å². The number of carbonyl (C=O) groups is 2. The van der Waals surface area contributed by atoms with Gasteiger partial charge < -0.3 is 14.0 Å². The molecule has 3 aromatic carbocycles. The molecule has 3 rings (SSSR count). The summed E-state index contributed by atoms with van der Waals surface area (Å²) in [6.45, 7) is 2.45. The van der Waals surface area contributed by atoms with Crippen molar-refractivity contribution in [3.8, 4) is 0 Å².